The molecule has 1 nitrogen and oxygen atoms in total. The van der Waals surface area contributed by atoms with Gasteiger partial charge in [0.1, 0.15) is 0 Å². The molecule has 1 aliphatic rings. The lowest BCUT2D eigenvalue weighted by molar-refractivity contribution is 0.384. The minimum Gasteiger partial charge on any atom is -0.327 e. The second-order valence-electron chi connectivity index (χ2n) is 4.80. The van der Waals surface area contributed by atoms with Crippen molar-refractivity contribution in [3.8, 4) is 0 Å². The number of rotatable bonds is 4. The molecule has 0 saturated carbocycles. The Balaban J connectivity index is 2.12. The summed E-state index contributed by atoms with van der Waals surface area (Å²) < 4.78 is 0. The molecule has 16 heavy (non-hydrogen) atoms. The number of nitrogens with two attached hydrogens (primary N) is 1. The Kier molecular flexibility index (Phi) is 3.93. The number of hydrogen-bond acceptors (Lipinski definition) is 2. The van der Waals surface area contributed by atoms with Gasteiger partial charge in [0, 0.05) is 22.6 Å². The van der Waals surface area contributed by atoms with Crippen LogP contribution in [-0.4, -0.2) is 11.8 Å². The lowest BCUT2D eigenvalue weighted by Crippen LogP contribution is -2.35. The summed E-state index contributed by atoms with van der Waals surface area (Å²) in [6, 6.07) is 9.04. The SMILES string of the molecule is CCCC(C)C(N)C1CSc2ccccc21. The Morgan fingerprint density at radius 3 is 2.94 bits per heavy atom. The molecule has 0 amide bonds. The average Bonchev–Trinajstić information content (AvgIpc) is 2.72. The molecule has 2 N–H and O–H groups in total. The fraction of sp³-hybridized carbons (Fsp3) is 0.571. The Hall–Kier alpha value is -0.470. The van der Waals surface area contributed by atoms with E-state index in [1.54, 1.807) is 0 Å². The molecule has 3 unspecified atom stereocenters. The van der Waals surface area contributed by atoms with Crippen LogP contribution in [-0.2, 0) is 0 Å². The molecule has 1 aliphatic heterocycles. The van der Waals surface area contributed by atoms with Crippen molar-refractivity contribution in [2.45, 2.75) is 43.5 Å². The Bertz CT molecular complexity index is 350. The molecule has 2 rings (SSSR count). The third-order valence-electron chi connectivity index (χ3n) is 3.60. The van der Waals surface area contributed by atoms with Crippen LogP contribution in [0.15, 0.2) is 29.2 Å². The van der Waals surface area contributed by atoms with E-state index in [2.05, 4.69) is 38.1 Å². The fourth-order valence-corrected chi connectivity index (χ4v) is 3.87. The summed E-state index contributed by atoms with van der Waals surface area (Å²) in [6.45, 7) is 4.53. The molecule has 0 saturated heterocycles. The molecule has 88 valence electrons. The molecule has 1 aromatic carbocycles. The van der Waals surface area contributed by atoms with Crippen molar-refractivity contribution in [3.05, 3.63) is 29.8 Å². The molecule has 0 bridgehead atoms. The summed E-state index contributed by atoms with van der Waals surface area (Å²) in [6.07, 6.45) is 2.47. The summed E-state index contributed by atoms with van der Waals surface area (Å²) in [5.74, 6) is 2.35. The normalized spacial score (nSPS) is 22.8. The fourth-order valence-electron chi connectivity index (χ4n) is 2.55. The van der Waals surface area contributed by atoms with Crippen LogP contribution in [0.25, 0.3) is 0 Å². The predicted molar refractivity (Wildman–Crippen MR) is 72.0 cm³/mol. The van der Waals surface area contributed by atoms with Gasteiger partial charge in [0.15, 0.2) is 0 Å². The standard InChI is InChI=1S/C14H21NS/c1-3-6-10(2)14(15)12-9-16-13-8-5-4-7-11(12)13/h4-5,7-8,10,12,14H,3,6,9,15H2,1-2H3. The quantitative estimate of drug-likeness (QED) is 0.862. The Morgan fingerprint density at radius 2 is 2.19 bits per heavy atom. The monoisotopic (exact) mass is 235 g/mol. The van der Waals surface area contributed by atoms with Crippen LogP contribution < -0.4 is 5.73 Å². The van der Waals surface area contributed by atoms with Crippen molar-refractivity contribution in [1.82, 2.24) is 0 Å². The van der Waals surface area contributed by atoms with Crippen LogP contribution in [0.1, 0.15) is 38.2 Å². The van der Waals surface area contributed by atoms with Crippen molar-refractivity contribution in [2.75, 3.05) is 5.75 Å². The van der Waals surface area contributed by atoms with E-state index in [-0.39, 0.29) is 0 Å². The largest absolute Gasteiger partial charge is 0.327 e. The Morgan fingerprint density at radius 1 is 1.44 bits per heavy atom. The van der Waals surface area contributed by atoms with E-state index in [0.717, 1.165) is 5.75 Å². The molecule has 2 heteroatoms. The zero-order valence-corrected chi connectivity index (χ0v) is 11.0. The molecule has 0 spiro atoms. The summed E-state index contributed by atoms with van der Waals surface area (Å²) in [4.78, 5) is 1.44. The minimum absolute atomic E-state index is 0.316. The van der Waals surface area contributed by atoms with E-state index in [1.807, 2.05) is 11.8 Å². The predicted octanol–water partition coefficient (Wildman–Crippen LogP) is 3.64. The maximum atomic E-state index is 6.41. The van der Waals surface area contributed by atoms with Gasteiger partial charge in [-0.1, -0.05) is 38.5 Å². The van der Waals surface area contributed by atoms with Gasteiger partial charge >= 0.3 is 0 Å². The highest BCUT2D eigenvalue weighted by atomic mass is 32.2. The van der Waals surface area contributed by atoms with Gasteiger partial charge in [-0.3, -0.25) is 0 Å². The van der Waals surface area contributed by atoms with Crippen LogP contribution in [0.4, 0.5) is 0 Å². The van der Waals surface area contributed by atoms with E-state index in [9.17, 15) is 0 Å². The first-order valence-electron chi connectivity index (χ1n) is 6.21. The number of fused-ring (bicyclic) bond motifs is 1. The highest BCUT2D eigenvalue weighted by Crippen LogP contribution is 2.42. The highest BCUT2D eigenvalue weighted by molar-refractivity contribution is 7.99. The van der Waals surface area contributed by atoms with Gasteiger partial charge in [-0.15, -0.1) is 11.8 Å². The first kappa shape index (κ1) is 12.0. The number of hydrogen-bond donors (Lipinski definition) is 1. The third-order valence-corrected chi connectivity index (χ3v) is 4.81. The van der Waals surface area contributed by atoms with Gasteiger partial charge in [0.2, 0.25) is 0 Å². The van der Waals surface area contributed by atoms with Crippen LogP contribution in [0.5, 0.6) is 0 Å². The first-order chi connectivity index (χ1) is 7.74. The number of thioether (sulfide) groups is 1. The highest BCUT2D eigenvalue weighted by Gasteiger charge is 2.30. The maximum absolute atomic E-state index is 6.41. The summed E-state index contributed by atoms with van der Waals surface area (Å²) in [7, 11) is 0. The van der Waals surface area contributed by atoms with Gasteiger partial charge in [-0.05, 0) is 24.0 Å². The van der Waals surface area contributed by atoms with Crippen molar-refractivity contribution < 1.29 is 0 Å². The van der Waals surface area contributed by atoms with Gasteiger partial charge in [-0.2, -0.15) is 0 Å². The van der Waals surface area contributed by atoms with Crippen molar-refractivity contribution >= 4 is 11.8 Å². The minimum atomic E-state index is 0.316. The van der Waals surface area contributed by atoms with E-state index in [4.69, 9.17) is 5.73 Å². The van der Waals surface area contributed by atoms with Crippen molar-refractivity contribution in [3.63, 3.8) is 0 Å². The van der Waals surface area contributed by atoms with Gasteiger partial charge in [0.05, 0.1) is 0 Å². The summed E-state index contributed by atoms with van der Waals surface area (Å²) in [5.41, 5.74) is 7.89. The van der Waals surface area contributed by atoms with E-state index < -0.39 is 0 Å². The lowest BCUT2D eigenvalue weighted by atomic mass is 9.84. The summed E-state index contributed by atoms with van der Waals surface area (Å²) in [5, 5.41) is 0. The van der Waals surface area contributed by atoms with Crippen LogP contribution >= 0.6 is 11.8 Å². The topological polar surface area (TPSA) is 26.0 Å². The summed E-state index contributed by atoms with van der Waals surface area (Å²) >= 11 is 1.96. The molecule has 0 radical (unpaired) electrons. The molecule has 0 aliphatic carbocycles. The van der Waals surface area contributed by atoms with Crippen LogP contribution in [0, 0.1) is 5.92 Å². The lowest BCUT2D eigenvalue weighted by Gasteiger charge is -2.25. The van der Waals surface area contributed by atoms with E-state index >= 15 is 0 Å². The molecular weight excluding hydrogens is 214 g/mol. The van der Waals surface area contributed by atoms with E-state index in [0.29, 0.717) is 17.9 Å². The zero-order chi connectivity index (χ0) is 11.5. The second kappa shape index (κ2) is 5.24. The molecule has 1 aromatic rings. The Labute approximate surface area is 103 Å². The number of benzene rings is 1. The first-order valence-corrected chi connectivity index (χ1v) is 7.20. The maximum Gasteiger partial charge on any atom is 0.0142 e. The second-order valence-corrected chi connectivity index (χ2v) is 5.86. The average molecular weight is 235 g/mol. The molecule has 1 heterocycles. The molecular formula is C14H21NS. The zero-order valence-electron chi connectivity index (χ0n) is 10.1. The van der Waals surface area contributed by atoms with Crippen molar-refractivity contribution in [1.29, 1.82) is 0 Å². The van der Waals surface area contributed by atoms with Crippen molar-refractivity contribution in [2.24, 2.45) is 11.7 Å². The molecule has 3 atom stereocenters. The van der Waals surface area contributed by atoms with Gasteiger partial charge in [-0.25, -0.2) is 0 Å². The smallest absolute Gasteiger partial charge is 0.0142 e. The third kappa shape index (κ3) is 2.28. The molecule has 0 aromatic heterocycles. The van der Waals surface area contributed by atoms with Gasteiger partial charge in [0.25, 0.3) is 0 Å². The van der Waals surface area contributed by atoms with E-state index in [1.165, 1.54) is 23.3 Å². The van der Waals surface area contributed by atoms with Crippen LogP contribution in [0.2, 0.25) is 0 Å². The van der Waals surface area contributed by atoms with Gasteiger partial charge < -0.3 is 5.73 Å². The van der Waals surface area contributed by atoms with Crippen LogP contribution in [0.3, 0.4) is 0 Å². The molecule has 0 fully saturated rings.